The average molecular weight is 356 g/mol. The Morgan fingerprint density at radius 3 is 2.62 bits per heavy atom. The number of para-hydroxylation sites is 1. The van der Waals surface area contributed by atoms with Gasteiger partial charge in [0.15, 0.2) is 0 Å². The predicted octanol–water partition coefficient (Wildman–Crippen LogP) is 2.09. The maximum atomic E-state index is 10.4. The quantitative estimate of drug-likeness (QED) is 0.706. The number of nitrogens with zero attached hydrogens (tertiary/aromatic N) is 4. The van der Waals surface area contributed by atoms with E-state index in [1.54, 1.807) is 38.2 Å². The van der Waals surface area contributed by atoms with Crippen LogP contribution in [0, 0.1) is 0 Å². The standard InChI is InChI=1S/C19H24N4O3/c1-19(2,25)16(24)11-23-12-20-17(14-7-5-6-8-15(14)26-4)18(23)13-9-21-22(3)10-13/h5-10,12,16,24-25H,11H2,1-4H3. The molecule has 0 aliphatic carbocycles. The van der Waals surface area contributed by atoms with E-state index in [-0.39, 0.29) is 6.54 Å². The minimum absolute atomic E-state index is 0.204. The number of aryl methyl sites for hydroxylation is 1. The van der Waals surface area contributed by atoms with Crippen molar-refractivity contribution in [1.29, 1.82) is 0 Å². The van der Waals surface area contributed by atoms with Crippen molar-refractivity contribution in [3.63, 3.8) is 0 Å². The molecule has 3 aromatic rings. The van der Waals surface area contributed by atoms with Crippen molar-refractivity contribution < 1.29 is 14.9 Å². The third-order valence-electron chi connectivity index (χ3n) is 4.36. The van der Waals surface area contributed by atoms with E-state index < -0.39 is 11.7 Å². The first-order valence-electron chi connectivity index (χ1n) is 8.39. The SMILES string of the molecule is COc1ccccc1-c1ncn(CC(O)C(C)(C)O)c1-c1cnn(C)c1. The van der Waals surface area contributed by atoms with Gasteiger partial charge in [0.1, 0.15) is 17.5 Å². The lowest BCUT2D eigenvalue weighted by atomic mass is 10.0. The van der Waals surface area contributed by atoms with Crippen molar-refractivity contribution in [2.45, 2.75) is 32.1 Å². The summed E-state index contributed by atoms with van der Waals surface area (Å²) in [5.74, 6) is 0.714. The van der Waals surface area contributed by atoms with Crippen molar-refractivity contribution >= 4 is 0 Å². The zero-order valence-corrected chi connectivity index (χ0v) is 15.4. The van der Waals surface area contributed by atoms with Gasteiger partial charge in [0, 0.05) is 24.4 Å². The van der Waals surface area contributed by atoms with E-state index in [9.17, 15) is 10.2 Å². The van der Waals surface area contributed by atoms with E-state index in [1.807, 2.05) is 42.1 Å². The van der Waals surface area contributed by atoms with Gasteiger partial charge in [0.25, 0.3) is 0 Å². The van der Waals surface area contributed by atoms with Gasteiger partial charge in [-0.25, -0.2) is 4.98 Å². The van der Waals surface area contributed by atoms with Crippen molar-refractivity contribution in [1.82, 2.24) is 19.3 Å². The summed E-state index contributed by atoms with van der Waals surface area (Å²) < 4.78 is 9.03. The van der Waals surface area contributed by atoms with Crippen molar-refractivity contribution in [2.24, 2.45) is 7.05 Å². The number of benzene rings is 1. The Morgan fingerprint density at radius 1 is 1.27 bits per heavy atom. The van der Waals surface area contributed by atoms with Crippen molar-refractivity contribution in [3.8, 4) is 28.3 Å². The molecule has 0 radical (unpaired) electrons. The minimum Gasteiger partial charge on any atom is -0.496 e. The van der Waals surface area contributed by atoms with Crippen LogP contribution in [0.1, 0.15) is 13.8 Å². The van der Waals surface area contributed by atoms with Gasteiger partial charge in [-0.2, -0.15) is 5.10 Å². The Bertz CT molecular complexity index is 892. The van der Waals surface area contributed by atoms with Gasteiger partial charge in [-0.1, -0.05) is 12.1 Å². The minimum atomic E-state index is -1.22. The lowest BCUT2D eigenvalue weighted by Crippen LogP contribution is -2.39. The molecule has 1 aromatic carbocycles. The van der Waals surface area contributed by atoms with Crippen LogP contribution >= 0.6 is 0 Å². The summed E-state index contributed by atoms with van der Waals surface area (Å²) in [5, 5.41) is 24.7. The molecular weight excluding hydrogens is 332 g/mol. The molecule has 7 heteroatoms. The number of methoxy groups -OCH3 is 1. The third-order valence-corrected chi connectivity index (χ3v) is 4.36. The lowest BCUT2D eigenvalue weighted by molar-refractivity contribution is -0.0550. The average Bonchev–Trinajstić information content (AvgIpc) is 3.19. The second-order valence-electron chi connectivity index (χ2n) is 6.87. The highest BCUT2D eigenvalue weighted by atomic mass is 16.5. The normalized spacial score (nSPS) is 13.0. The van der Waals surface area contributed by atoms with Gasteiger partial charge in [0.2, 0.25) is 0 Å². The highest BCUT2D eigenvalue weighted by molar-refractivity contribution is 5.81. The Morgan fingerprint density at radius 2 is 2.00 bits per heavy atom. The second kappa shape index (κ2) is 6.93. The first kappa shape index (κ1) is 18.2. The molecule has 7 nitrogen and oxygen atoms in total. The molecule has 0 spiro atoms. The largest absolute Gasteiger partial charge is 0.496 e. The van der Waals surface area contributed by atoms with Crippen LogP contribution in [0.2, 0.25) is 0 Å². The molecule has 0 saturated carbocycles. The molecule has 3 rings (SSSR count). The zero-order valence-electron chi connectivity index (χ0n) is 15.4. The lowest BCUT2D eigenvalue weighted by Gasteiger charge is -2.25. The summed E-state index contributed by atoms with van der Waals surface area (Å²) in [4.78, 5) is 4.57. The molecular formula is C19H24N4O3. The molecule has 26 heavy (non-hydrogen) atoms. The summed E-state index contributed by atoms with van der Waals surface area (Å²) in [6.07, 6.45) is 4.36. The molecule has 0 aliphatic heterocycles. The Balaban J connectivity index is 2.14. The number of imidazole rings is 1. The first-order valence-corrected chi connectivity index (χ1v) is 8.39. The van der Waals surface area contributed by atoms with E-state index >= 15 is 0 Å². The second-order valence-corrected chi connectivity index (χ2v) is 6.87. The highest BCUT2D eigenvalue weighted by Crippen LogP contribution is 2.36. The van der Waals surface area contributed by atoms with E-state index in [0.29, 0.717) is 5.75 Å². The number of rotatable bonds is 6. The van der Waals surface area contributed by atoms with E-state index in [0.717, 1.165) is 22.5 Å². The third kappa shape index (κ3) is 3.49. The Labute approximate surface area is 152 Å². The Hall–Kier alpha value is -2.64. The monoisotopic (exact) mass is 356 g/mol. The molecule has 2 heterocycles. The van der Waals surface area contributed by atoms with Crippen LogP contribution in [0.3, 0.4) is 0 Å². The van der Waals surface area contributed by atoms with Gasteiger partial charge in [-0.15, -0.1) is 0 Å². The zero-order chi connectivity index (χ0) is 18.9. The summed E-state index contributed by atoms with van der Waals surface area (Å²) >= 11 is 0. The van der Waals surface area contributed by atoms with Gasteiger partial charge in [0.05, 0.1) is 37.5 Å². The van der Waals surface area contributed by atoms with Gasteiger partial charge in [-0.3, -0.25) is 4.68 Å². The number of aromatic nitrogens is 4. The van der Waals surface area contributed by atoms with Crippen molar-refractivity contribution in [3.05, 3.63) is 43.0 Å². The van der Waals surface area contributed by atoms with Crippen LogP contribution in [-0.4, -0.2) is 48.4 Å². The van der Waals surface area contributed by atoms with Crippen LogP contribution in [-0.2, 0) is 13.6 Å². The van der Waals surface area contributed by atoms with E-state index in [4.69, 9.17) is 4.74 Å². The highest BCUT2D eigenvalue weighted by Gasteiger charge is 2.27. The molecule has 0 bridgehead atoms. The molecule has 0 fully saturated rings. The van der Waals surface area contributed by atoms with Crippen LogP contribution in [0.5, 0.6) is 5.75 Å². The summed E-state index contributed by atoms with van der Waals surface area (Å²) in [5.41, 5.74) is 2.05. The molecule has 138 valence electrons. The number of hydrogen-bond donors (Lipinski definition) is 2. The summed E-state index contributed by atoms with van der Waals surface area (Å²) in [6, 6.07) is 7.65. The first-order chi connectivity index (χ1) is 12.3. The number of hydrogen-bond acceptors (Lipinski definition) is 5. The molecule has 1 unspecified atom stereocenters. The van der Waals surface area contributed by atoms with Gasteiger partial charge in [-0.05, 0) is 26.0 Å². The van der Waals surface area contributed by atoms with E-state index in [2.05, 4.69) is 10.1 Å². The van der Waals surface area contributed by atoms with Crippen LogP contribution < -0.4 is 4.74 Å². The molecule has 2 aromatic heterocycles. The van der Waals surface area contributed by atoms with E-state index in [1.165, 1.54) is 0 Å². The smallest absolute Gasteiger partial charge is 0.128 e. The molecule has 2 N–H and O–H groups in total. The Kier molecular flexibility index (Phi) is 4.84. The number of aliphatic hydroxyl groups is 2. The summed E-state index contributed by atoms with van der Waals surface area (Å²) in [7, 11) is 3.47. The molecule has 1 atom stereocenters. The van der Waals surface area contributed by atoms with Crippen molar-refractivity contribution in [2.75, 3.05) is 7.11 Å². The fraction of sp³-hybridized carbons (Fsp3) is 0.368. The molecule has 0 amide bonds. The fourth-order valence-corrected chi connectivity index (χ4v) is 2.81. The molecule has 0 aliphatic rings. The van der Waals surface area contributed by atoms with Crippen LogP contribution in [0.25, 0.3) is 22.5 Å². The number of ether oxygens (including phenoxy) is 1. The molecule has 0 saturated heterocycles. The predicted molar refractivity (Wildman–Crippen MR) is 98.7 cm³/mol. The van der Waals surface area contributed by atoms with Gasteiger partial charge >= 0.3 is 0 Å². The van der Waals surface area contributed by atoms with Gasteiger partial charge < -0.3 is 19.5 Å². The number of aliphatic hydroxyl groups excluding tert-OH is 1. The summed E-state index contributed by atoms with van der Waals surface area (Å²) in [6.45, 7) is 3.37. The van der Waals surface area contributed by atoms with Crippen LogP contribution in [0.15, 0.2) is 43.0 Å². The van der Waals surface area contributed by atoms with Crippen LogP contribution in [0.4, 0.5) is 0 Å². The topological polar surface area (TPSA) is 85.3 Å². The fourth-order valence-electron chi connectivity index (χ4n) is 2.81. The maximum Gasteiger partial charge on any atom is 0.128 e. The maximum absolute atomic E-state index is 10.4.